The fourth-order valence-corrected chi connectivity index (χ4v) is 6.22. The van der Waals surface area contributed by atoms with Gasteiger partial charge in [-0.3, -0.25) is 10.1 Å². The summed E-state index contributed by atoms with van der Waals surface area (Å²) in [7, 11) is -3.90. The third kappa shape index (κ3) is 5.81. The number of benzene rings is 2. The van der Waals surface area contributed by atoms with Crippen LogP contribution >= 0.6 is 11.3 Å². The van der Waals surface area contributed by atoms with E-state index in [-0.39, 0.29) is 15.4 Å². The smallest absolute Gasteiger partial charge is 0.270 e. The molecule has 1 aliphatic heterocycles. The Morgan fingerprint density at radius 3 is 2.65 bits per heavy atom. The fourth-order valence-electron chi connectivity index (χ4n) is 4.07. The summed E-state index contributed by atoms with van der Waals surface area (Å²) in [5.41, 5.74) is 3.43. The lowest BCUT2D eigenvalue weighted by Gasteiger charge is -2.33. The number of nitrogens with zero attached hydrogens (tertiary/aromatic N) is 3. The number of amides is 1. The highest BCUT2D eigenvalue weighted by atomic mass is 32.2. The molecule has 0 saturated carbocycles. The van der Waals surface area contributed by atoms with Gasteiger partial charge in [0.25, 0.3) is 15.9 Å². The van der Waals surface area contributed by atoms with Crippen molar-refractivity contribution in [3.8, 4) is 0 Å². The molecule has 2 heterocycles. The van der Waals surface area contributed by atoms with Crippen molar-refractivity contribution in [2.75, 3.05) is 23.3 Å². The second kappa shape index (κ2) is 10.2. The third-order valence-electron chi connectivity index (χ3n) is 5.88. The van der Waals surface area contributed by atoms with Gasteiger partial charge in [0.1, 0.15) is 0 Å². The van der Waals surface area contributed by atoms with Gasteiger partial charge < -0.3 is 4.90 Å². The molecule has 2 aromatic carbocycles. The molecule has 1 fully saturated rings. The summed E-state index contributed by atoms with van der Waals surface area (Å²) in [6.45, 7) is 8.04. The molecular weight excluding hydrogens is 470 g/mol. The second-order valence-corrected chi connectivity index (χ2v) is 11.7. The van der Waals surface area contributed by atoms with Crippen molar-refractivity contribution < 1.29 is 13.2 Å². The van der Waals surface area contributed by atoms with Crippen LogP contribution < -0.4 is 14.9 Å². The highest BCUT2D eigenvalue weighted by molar-refractivity contribution is 7.91. The van der Waals surface area contributed by atoms with E-state index in [1.54, 1.807) is 25.1 Å². The summed E-state index contributed by atoms with van der Waals surface area (Å²) >= 11 is 0.814. The summed E-state index contributed by atoms with van der Waals surface area (Å²) in [6, 6.07) is 14.6. The zero-order valence-corrected chi connectivity index (χ0v) is 21.1. The number of nitrogens with one attached hydrogen (secondary N) is 2. The van der Waals surface area contributed by atoms with Crippen LogP contribution in [0.4, 0.5) is 10.8 Å². The predicted octanol–water partition coefficient (Wildman–Crippen LogP) is 4.37. The van der Waals surface area contributed by atoms with E-state index < -0.39 is 16.1 Å². The molecule has 1 aliphatic rings. The van der Waals surface area contributed by atoms with Crippen LogP contribution in [-0.4, -0.2) is 37.6 Å². The number of hydrogen-bond donors (Lipinski definition) is 2. The van der Waals surface area contributed by atoms with Gasteiger partial charge in [-0.25, -0.2) is 13.1 Å². The third-order valence-corrected chi connectivity index (χ3v) is 8.63. The van der Waals surface area contributed by atoms with E-state index in [9.17, 15) is 13.2 Å². The van der Waals surface area contributed by atoms with Crippen LogP contribution in [0.15, 0.2) is 52.9 Å². The number of carbonyl (C=O) groups excluding carboxylic acids is 1. The molecule has 180 valence electrons. The quantitative estimate of drug-likeness (QED) is 0.468. The lowest BCUT2D eigenvalue weighted by molar-refractivity contribution is 0.102. The molecule has 34 heavy (non-hydrogen) atoms. The minimum Gasteiger partial charge on any atom is -0.371 e. The molecule has 0 bridgehead atoms. The number of aryl methyl sites for hydroxylation is 1. The molecule has 10 heteroatoms. The van der Waals surface area contributed by atoms with Gasteiger partial charge in [0, 0.05) is 30.4 Å². The number of anilines is 2. The first kappa shape index (κ1) is 24.3. The standard InChI is InChI=1S/C24H29N5O3S2/c1-16-6-4-8-20(14-16)22(30)25-23-26-27-24(33-23)34(31,32)28-18(3)19-9-11-21(12-10-19)29-13-5-7-17(2)15-29/h4,6,8-12,14,17-18,28H,5,7,13,15H2,1-3H3,(H,25,26,30)/t17-,18-/m0/s1. The minimum atomic E-state index is -3.90. The average molecular weight is 500 g/mol. The van der Waals surface area contributed by atoms with Gasteiger partial charge in [0.2, 0.25) is 9.47 Å². The van der Waals surface area contributed by atoms with Crippen LogP contribution in [0.3, 0.4) is 0 Å². The van der Waals surface area contributed by atoms with Gasteiger partial charge >= 0.3 is 0 Å². The number of sulfonamides is 1. The number of rotatable bonds is 7. The maximum absolute atomic E-state index is 12.9. The van der Waals surface area contributed by atoms with E-state index in [0.717, 1.165) is 41.2 Å². The molecule has 1 aromatic heterocycles. The van der Waals surface area contributed by atoms with Crippen molar-refractivity contribution in [3.63, 3.8) is 0 Å². The number of piperidine rings is 1. The maximum atomic E-state index is 12.9. The Bertz CT molecular complexity index is 1260. The molecule has 0 aliphatic carbocycles. The molecule has 0 unspecified atom stereocenters. The van der Waals surface area contributed by atoms with Crippen molar-refractivity contribution >= 4 is 38.1 Å². The van der Waals surface area contributed by atoms with E-state index in [1.165, 1.54) is 12.8 Å². The highest BCUT2D eigenvalue weighted by Crippen LogP contribution is 2.26. The zero-order valence-electron chi connectivity index (χ0n) is 19.5. The lowest BCUT2D eigenvalue weighted by Crippen LogP contribution is -2.34. The van der Waals surface area contributed by atoms with Crippen LogP contribution in [0.5, 0.6) is 0 Å². The Hall–Kier alpha value is -2.82. The maximum Gasteiger partial charge on any atom is 0.270 e. The van der Waals surface area contributed by atoms with E-state index >= 15 is 0 Å². The summed E-state index contributed by atoms with van der Waals surface area (Å²) in [5.74, 6) is 0.311. The Labute approximate surface area is 204 Å². The highest BCUT2D eigenvalue weighted by Gasteiger charge is 2.24. The average Bonchev–Trinajstić information content (AvgIpc) is 3.28. The first-order valence-corrected chi connectivity index (χ1v) is 13.6. The lowest BCUT2D eigenvalue weighted by atomic mass is 9.99. The first-order chi connectivity index (χ1) is 16.2. The van der Waals surface area contributed by atoms with Gasteiger partial charge in [-0.05, 0) is 62.4 Å². The van der Waals surface area contributed by atoms with Gasteiger partial charge in [-0.2, -0.15) is 0 Å². The Morgan fingerprint density at radius 2 is 1.94 bits per heavy atom. The van der Waals surface area contributed by atoms with Gasteiger partial charge in [0.15, 0.2) is 0 Å². The summed E-state index contributed by atoms with van der Waals surface area (Å²) in [6.07, 6.45) is 2.45. The van der Waals surface area contributed by atoms with Crippen LogP contribution in [-0.2, 0) is 10.0 Å². The number of carbonyl (C=O) groups is 1. The molecule has 8 nitrogen and oxygen atoms in total. The topological polar surface area (TPSA) is 104 Å². The summed E-state index contributed by atoms with van der Waals surface area (Å²) in [4.78, 5) is 14.8. The minimum absolute atomic E-state index is 0.125. The van der Waals surface area contributed by atoms with Crippen molar-refractivity contribution in [2.24, 2.45) is 5.92 Å². The van der Waals surface area contributed by atoms with Gasteiger partial charge in [-0.1, -0.05) is 48.1 Å². The normalized spacial score (nSPS) is 17.4. The molecule has 1 amide bonds. The summed E-state index contributed by atoms with van der Waals surface area (Å²) in [5, 5.41) is 10.3. The zero-order chi connectivity index (χ0) is 24.3. The molecular formula is C24H29N5O3S2. The van der Waals surface area contributed by atoms with E-state index in [0.29, 0.717) is 11.5 Å². The number of aromatic nitrogens is 2. The molecule has 4 rings (SSSR count). The molecule has 0 radical (unpaired) electrons. The van der Waals surface area contributed by atoms with Crippen molar-refractivity contribution in [1.82, 2.24) is 14.9 Å². The van der Waals surface area contributed by atoms with Gasteiger partial charge in [0.05, 0.1) is 0 Å². The first-order valence-electron chi connectivity index (χ1n) is 11.3. The predicted molar refractivity (Wildman–Crippen MR) is 135 cm³/mol. The summed E-state index contributed by atoms with van der Waals surface area (Å²) < 4.78 is 28.2. The van der Waals surface area contributed by atoms with Crippen LogP contribution in [0.1, 0.15) is 54.2 Å². The van der Waals surface area contributed by atoms with Gasteiger partial charge in [-0.15, -0.1) is 10.2 Å². The molecule has 0 spiro atoms. The van der Waals surface area contributed by atoms with Crippen molar-refractivity contribution in [3.05, 3.63) is 65.2 Å². The Morgan fingerprint density at radius 1 is 1.18 bits per heavy atom. The largest absolute Gasteiger partial charge is 0.371 e. The van der Waals surface area contributed by atoms with Crippen molar-refractivity contribution in [2.45, 2.75) is 44.0 Å². The Kier molecular flexibility index (Phi) is 7.30. The van der Waals surface area contributed by atoms with E-state index in [4.69, 9.17) is 0 Å². The Balaban J connectivity index is 1.40. The molecule has 2 atom stereocenters. The number of hydrogen-bond acceptors (Lipinski definition) is 7. The molecule has 1 saturated heterocycles. The second-order valence-electron chi connectivity index (χ2n) is 8.82. The monoisotopic (exact) mass is 499 g/mol. The van der Waals surface area contributed by atoms with Crippen LogP contribution in [0.25, 0.3) is 0 Å². The fraction of sp³-hybridized carbons (Fsp3) is 0.375. The van der Waals surface area contributed by atoms with Crippen molar-refractivity contribution in [1.29, 1.82) is 0 Å². The van der Waals surface area contributed by atoms with Crippen LogP contribution in [0, 0.1) is 12.8 Å². The SMILES string of the molecule is Cc1cccc(C(=O)Nc2nnc(S(=O)(=O)N[C@@H](C)c3ccc(N4CCC[C@H](C)C4)cc3)s2)c1. The van der Waals surface area contributed by atoms with E-state index in [1.807, 2.05) is 37.3 Å². The van der Waals surface area contributed by atoms with Crippen LogP contribution in [0.2, 0.25) is 0 Å². The van der Waals surface area contributed by atoms with E-state index in [2.05, 4.69) is 32.1 Å². The molecule has 2 N–H and O–H groups in total. The molecule has 3 aromatic rings.